The first-order valence-corrected chi connectivity index (χ1v) is 7.98. The van der Waals surface area contributed by atoms with Crippen molar-refractivity contribution in [3.05, 3.63) is 23.8 Å². The standard InChI is InChI=1S/C17H25N3O2/c1-4-5-12(3)18-17(22)20-15-10-14(9-6-11(15)2)19-16(21)13-7-8-13/h6,9-10,12-13H,4-5,7-8H2,1-3H3,(H,19,21)(H2,18,20,22). The van der Waals surface area contributed by atoms with Gasteiger partial charge in [0.2, 0.25) is 5.91 Å². The van der Waals surface area contributed by atoms with Gasteiger partial charge in [0.15, 0.2) is 0 Å². The normalized spacial score (nSPS) is 15.0. The lowest BCUT2D eigenvalue weighted by Gasteiger charge is -2.15. The molecular formula is C17H25N3O2. The molecule has 1 aliphatic carbocycles. The molecule has 0 saturated heterocycles. The second kappa shape index (κ2) is 7.29. The fourth-order valence-electron chi connectivity index (χ4n) is 2.31. The number of benzene rings is 1. The summed E-state index contributed by atoms with van der Waals surface area (Å²) in [5.74, 6) is 0.228. The summed E-state index contributed by atoms with van der Waals surface area (Å²) in [5, 5.41) is 8.66. The van der Waals surface area contributed by atoms with Gasteiger partial charge >= 0.3 is 6.03 Å². The summed E-state index contributed by atoms with van der Waals surface area (Å²) < 4.78 is 0. The van der Waals surface area contributed by atoms with Crippen molar-refractivity contribution in [1.29, 1.82) is 0 Å². The molecule has 1 aliphatic rings. The van der Waals surface area contributed by atoms with Crippen LogP contribution in [0.15, 0.2) is 18.2 Å². The van der Waals surface area contributed by atoms with Gasteiger partial charge in [0.1, 0.15) is 0 Å². The minimum Gasteiger partial charge on any atom is -0.335 e. The Morgan fingerprint density at radius 3 is 2.64 bits per heavy atom. The number of carbonyl (C=O) groups excluding carboxylic acids is 2. The number of hydrogen-bond donors (Lipinski definition) is 3. The van der Waals surface area contributed by atoms with Crippen molar-refractivity contribution in [2.75, 3.05) is 10.6 Å². The average Bonchev–Trinajstić information content (AvgIpc) is 3.27. The first-order chi connectivity index (χ1) is 10.5. The lowest BCUT2D eigenvalue weighted by atomic mass is 10.1. The van der Waals surface area contributed by atoms with E-state index in [0.717, 1.165) is 42.6 Å². The van der Waals surface area contributed by atoms with E-state index < -0.39 is 0 Å². The van der Waals surface area contributed by atoms with Gasteiger partial charge in [0.05, 0.1) is 0 Å². The van der Waals surface area contributed by atoms with Crippen molar-refractivity contribution >= 4 is 23.3 Å². The third-order valence-corrected chi connectivity index (χ3v) is 3.80. The van der Waals surface area contributed by atoms with Crippen LogP contribution in [-0.2, 0) is 4.79 Å². The molecule has 0 aliphatic heterocycles. The van der Waals surface area contributed by atoms with Crippen LogP contribution in [0.5, 0.6) is 0 Å². The lowest BCUT2D eigenvalue weighted by molar-refractivity contribution is -0.117. The molecule has 0 aromatic heterocycles. The van der Waals surface area contributed by atoms with Gasteiger partial charge in [-0.1, -0.05) is 19.4 Å². The fourth-order valence-corrected chi connectivity index (χ4v) is 2.31. The van der Waals surface area contributed by atoms with Gasteiger partial charge in [-0.15, -0.1) is 0 Å². The van der Waals surface area contributed by atoms with Crippen molar-refractivity contribution < 1.29 is 9.59 Å². The Morgan fingerprint density at radius 1 is 1.27 bits per heavy atom. The van der Waals surface area contributed by atoms with Crippen molar-refractivity contribution in [3.8, 4) is 0 Å². The minimum atomic E-state index is -0.213. The van der Waals surface area contributed by atoms with Gasteiger partial charge in [0.25, 0.3) is 0 Å². The summed E-state index contributed by atoms with van der Waals surface area (Å²) >= 11 is 0. The second-order valence-electron chi connectivity index (χ2n) is 6.08. The van der Waals surface area contributed by atoms with E-state index >= 15 is 0 Å². The molecule has 5 heteroatoms. The van der Waals surface area contributed by atoms with Gasteiger partial charge in [-0.25, -0.2) is 4.79 Å². The Bertz CT molecular complexity index is 553. The topological polar surface area (TPSA) is 70.2 Å². The van der Waals surface area contributed by atoms with Crippen LogP contribution in [0.3, 0.4) is 0 Å². The average molecular weight is 303 g/mol. The van der Waals surface area contributed by atoms with Crippen LogP contribution in [0.4, 0.5) is 16.2 Å². The van der Waals surface area contributed by atoms with E-state index in [2.05, 4.69) is 22.9 Å². The van der Waals surface area contributed by atoms with E-state index in [1.807, 2.05) is 26.0 Å². The summed E-state index contributed by atoms with van der Waals surface area (Å²) in [5.41, 5.74) is 2.40. The highest BCUT2D eigenvalue weighted by atomic mass is 16.2. The summed E-state index contributed by atoms with van der Waals surface area (Å²) in [6.45, 7) is 6.01. The molecule has 1 saturated carbocycles. The molecule has 0 radical (unpaired) electrons. The maximum Gasteiger partial charge on any atom is 0.319 e. The maximum absolute atomic E-state index is 12.0. The van der Waals surface area contributed by atoms with Gasteiger partial charge < -0.3 is 16.0 Å². The second-order valence-corrected chi connectivity index (χ2v) is 6.08. The van der Waals surface area contributed by atoms with Crippen LogP contribution in [0, 0.1) is 12.8 Å². The zero-order valence-electron chi connectivity index (χ0n) is 13.5. The number of nitrogens with one attached hydrogen (secondary N) is 3. The molecule has 5 nitrogen and oxygen atoms in total. The molecule has 1 aromatic carbocycles. The number of urea groups is 1. The zero-order chi connectivity index (χ0) is 16.1. The van der Waals surface area contributed by atoms with E-state index in [-0.39, 0.29) is 23.9 Å². The van der Waals surface area contributed by atoms with Gasteiger partial charge in [-0.2, -0.15) is 0 Å². The smallest absolute Gasteiger partial charge is 0.319 e. The fraction of sp³-hybridized carbons (Fsp3) is 0.529. The van der Waals surface area contributed by atoms with Crippen LogP contribution in [-0.4, -0.2) is 18.0 Å². The molecule has 3 N–H and O–H groups in total. The quantitative estimate of drug-likeness (QED) is 0.750. The van der Waals surface area contributed by atoms with E-state index in [4.69, 9.17) is 0 Å². The van der Waals surface area contributed by atoms with Crippen LogP contribution in [0.25, 0.3) is 0 Å². The molecule has 3 amide bonds. The third-order valence-electron chi connectivity index (χ3n) is 3.80. The highest BCUT2D eigenvalue weighted by Gasteiger charge is 2.29. The molecule has 22 heavy (non-hydrogen) atoms. The maximum atomic E-state index is 12.0. The summed E-state index contributed by atoms with van der Waals surface area (Å²) in [6.07, 6.45) is 3.92. The summed E-state index contributed by atoms with van der Waals surface area (Å²) in [6, 6.07) is 5.49. The molecule has 1 aromatic rings. The number of anilines is 2. The highest BCUT2D eigenvalue weighted by Crippen LogP contribution is 2.30. The predicted molar refractivity (Wildman–Crippen MR) is 89.1 cm³/mol. The van der Waals surface area contributed by atoms with Crippen LogP contribution < -0.4 is 16.0 Å². The molecular weight excluding hydrogens is 278 g/mol. The van der Waals surface area contributed by atoms with Crippen molar-refractivity contribution in [2.45, 2.75) is 52.5 Å². The molecule has 120 valence electrons. The Balaban J connectivity index is 1.96. The van der Waals surface area contributed by atoms with Crippen molar-refractivity contribution in [1.82, 2.24) is 5.32 Å². The monoisotopic (exact) mass is 303 g/mol. The highest BCUT2D eigenvalue weighted by molar-refractivity contribution is 5.96. The molecule has 1 atom stereocenters. The number of amides is 3. The summed E-state index contributed by atoms with van der Waals surface area (Å²) in [4.78, 5) is 23.8. The number of rotatable bonds is 6. The molecule has 2 rings (SSSR count). The van der Waals surface area contributed by atoms with Crippen LogP contribution in [0.1, 0.15) is 45.1 Å². The summed E-state index contributed by atoms with van der Waals surface area (Å²) in [7, 11) is 0. The Labute approximate surface area is 131 Å². The largest absolute Gasteiger partial charge is 0.335 e. The van der Waals surface area contributed by atoms with Crippen molar-refractivity contribution in [2.24, 2.45) is 5.92 Å². The van der Waals surface area contributed by atoms with Gasteiger partial charge in [0, 0.05) is 23.3 Å². The first-order valence-electron chi connectivity index (χ1n) is 7.98. The Hall–Kier alpha value is -2.04. The zero-order valence-corrected chi connectivity index (χ0v) is 13.5. The number of carbonyl (C=O) groups is 2. The van der Waals surface area contributed by atoms with Gasteiger partial charge in [-0.3, -0.25) is 4.79 Å². The van der Waals surface area contributed by atoms with E-state index in [1.165, 1.54) is 0 Å². The predicted octanol–water partition coefficient (Wildman–Crippen LogP) is 3.65. The molecule has 1 unspecified atom stereocenters. The SMILES string of the molecule is CCCC(C)NC(=O)Nc1cc(NC(=O)C2CC2)ccc1C. The molecule has 0 bridgehead atoms. The van der Waals surface area contributed by atoms with E-state index in [9.17, 15) is 9.59 Å². The molecule has 0 heterocycles. The van der Waals surface area contributed by atoms with Crippen LogP contribution in [0.2, 0.25) is 0 Å². The Morgan fingerprint density at radius 2 is 2.00 bits per heavy atom. The first kappa shape index (κ1) is 16.3. The number of hydrogen-bond acceptors (Lipinski definition) is 2. The third kappa shape index (κ3) is 4.76. The molecule has 1 fully saturated rings. The van der Waals surface area contributed by atoms with Crippen molar-refractivity contribution in [3.63, 3.8) is 0 Å². The van der Waals surface area contributed by atoms with E-state index in [0.29, 0.717) is 0 Å². The van der Waals surface area contributed by atoms with E-state index in [1.54, 1.807) is 6.07 Å². The number of aryl methyl sites for hydroxylation is 1. The van der Waals surface area contributed by atoms with Crippen LogP contribution >= 0.6 is 0 Å². The molecule has 0 spiro atoms. The minimum absolute atomic E-state index is 0.0656. The lowest BCUT2D eigenvalue weighted by Crippen LogP contribution is -2.36. The van der Waals surface area contributed by atoms with Gasteiger partial charge in [-0.05, 0) is 50.8 Å². The Kier molecular flexibility index (Phi) is 5.41.